The Morgan fingerprint density at radius 2 is 1.66 bits per heavy atom. The topological polar surface area (TPSA) is 58.7 Å². The van der Waals surface area contributed by atoms with Gasteiger partial charge in [0.05, 0.1) is 0 Å². The van der Waals surface area contributed by atoms with Crippen molar-refractivity contribution in [1.82, 2.24) is 20.5 Å². The van der Waals surface area contributed by atoms with Crippen LogP contribution in [0.4, 0.5) is 5.69 Å². The van der Waals surface area contributed by atoms with Crippen molar-refractivity contribution in [3.05, 3.63) is 66.4 Å². The minimum Gasteiger partial charge on any atom is -0.369 e. The number of aromatic nitrogens is 1. The molecule has 6 heteroatoms. The van der Waals surface area contributed by atoms with Crippen LogP contribution in [0.5, 0.6) is 0 Å². The van der Waals surface area contributed by atoms with E-state index in [9.17, 15) is 0 Å². The van der Waals surface area contributed by atoms with Gasteiger partial charge in [-0.25, -0.2) is 0 Å². The number of hydrogen-bond donors (Lipinski definition) is 3. The highest BCUT2D eigenvalue weighted by Crippen LogP contribution is 2.18. The Hall–Kier alpha value is -2.99. The summed E-state index contributed by atoms with van der Waals surface area (Å²) in [7, 11) is 1.84. The maximum atomic E-state index is 4.36. The first kappa shape index (κ1) is 22.2. The Balaban J connectivity index is 1.08. The number of para-hydroxylation sites is 2. The number of H-pyrrole nitrogens is 1. The monoisotopic (exact) mass is 432 g/mol. The number of rotatable bonds is 9. The summed E-state index contributed by atoms with van der Waals surface area (Å²) < 4.78 is 0. The summed E-state index contributed by atoms with van der Waals surface area (Å²) in [6.07, 6.45) is 5.45. The number of nitrogens with one attached hydrogen (secondary N) is 3. The zero-order chi connectivity index (χ0) is 22.0. The van der Waals surface area contributed by atoms with Crippen LogP contribution in [0.3, 0.4) is 0 Å². The molecule has 32 heavy (non-hydrogen) atoms. The maximum Gasteiger partial charge on any atom is 0.190 e. The van der Waals surface area contributed by atoms with E-state index in [0.717, 1.165) is 58.1 Å². The molecule has 1 fully saturated rings. The molecule has 1 saturated heterocycles. The zero-order valence-corrected chi connectivity index (χ0v) is 19.2. The summed E-state index contributed by atoms with van der Waals surface area (Å²) in [5.41, 5.74) is 3.89. The Morgan fingerprint density at radius 3 is 2.47 bits per heavy atom. The van der Waals surface area contributed by atoms with Crippen LogP contribution in [-0.2, 0) is 6.42 Å². The molecule has 3 N–H and O–H groups in total. The van der Waals surface area contributed by atoms with Gasteiger partial charge in [-0.1, -0.05) is 36.4 Å². The third kappa shape index (κ3) is 6.04. The summed E-state index contributed by atoms with van der Waals surface area (Å²) in [5.74, 6) is 0.890. The number of aromatic amines is 1. The Bertz CT molecular complexity index is 972. The molecule has 3 aromatic rings. The van der Waals surface area contributed by atoms with Crippen molar-refractivity contribution in [3.8, 4) is 0 Å². The second-order valence-electron chi connectivity index (χ2n) is 8.41. The first-order valence-electron chi connectivity index (χ1n) is 11.9. The Morgan fingerprint density at radius 1 is 0.906 bits per heavy atom. The molecule has 0 bridgehead atoms. The molecule has 4 rings (SSSR count). The van der Waals surface area contributed by atoms with E-state index in [-0.39, 0.29) is 0 Å². The highest BCUT2D eigenvalue weighted by Gasteiger charge is 2.16. The molecule has 6 nitrogen and oxygen atoms in total. The van der Waals surface area contributed by atoms with Crippen LogP contribution in [0, 0.1) is 0 Å². The number of fused-ring (bicyclic) bond motifs is 1. The molecule has 1 aliphatic heterocycles. The number of benzene rings is 2. The highest BCUT2D eigenvalue weighted by atomic mass is 15.3. The average molecular weight is 433 g/mol. The molecular formula is C26H36N6. The van der Waals surface area contributed by atoms with Gasteiger partial charge in [-0.2, -0.15) is 0 Å². The van der Waals surface area contributed by atoms with Gasteiger partial charge in [0.25, 0.3) is 0 Å². The standard InChI is InChI=1S/C26H36N6/c1-27-26(29-15-13-22-21-30-25-12-6-5-11-24(22)25)28-14-7-8-16-31-17-19-32(20-18-31)23-9-3-2-4-10-23/h2-6,9-12,21,30H,7-8,13-20H2,1H3,(H2,27,28,29). The third-order valence-corrected chi connectivity index (χ3v) is 6.27. The van der Waals surface area contributed by atoms with Crippen LogP contribution in [-0.4, -0.2) is 68.7 Å². The highest BCUT2D eigenvalue weighted by molar-refractivity contribution is 5.83. The van der Waals surface area contributed by atoms with Crippen molar-refractivity contribution in [3.63, 3.8) is 0 Å². The molecule has 0 spiro atoms. The van der Waals surface area contributed by atoms with E-state index < -0.39 is 0 Å². The minimum atomic E-state index is 0.868. The summed E-state index contributed by atoms with van der Waals surface area (Å²) in [6, 6.07) is 19.2. The van der Waals surface area contributed by atoms with Gasteiger partial charge in [0, 0.05) is 69.1 Å². The van der Waals surface area contributed by atoms with E-state index in [4.69, 9.17) is 0 Å². The van der Waals surface area contributed by atoms with Crippen molar-refractivity contribution in [2.24, 2.45) is 4.99 Å². The fourth-order valence-electron chi connectivity index (χ4n) is 4.41. The van der Waals surface area contributed by atoms with Crippen molar-refractivity contribution >= 4 is 22.5 Å². The lowest BCUT2D eigenvalue weighted by atomic mass is 10.1. The molecule has 1 aromatic heterocycles. The van der Waals surface area contributed by atoms with Gasteiger partial charge >= 0.3 is 0 Å². The first-order chi connectivity index (χ1) is 15.8. The van der Waals surface area contributed by atoms with E-state index in [1.54, 1.807) is 0 Å². The lowest BCUT2D eigenvalue weighted by Gasteiger charge is -2.36. The fourth-order valence-corrected chi connectivity index (χ4v) is 4.41. The van der Waals surface area contributed by atoms with Crippen molar-refractivity contribution in [2.75, 3.05) is 57.8 Å². The van der Waals surface area contributed by atoms with Crippen LogP contribution < -0.4 is 15.5 Å². The maximum absolute atomic E-state index is 4.36. The van der Waals surface area contributed by atoms with Gasteiger partial charge in [-0.05, 0) is 49.6 Å². The average Bonchev–Trinajstić information content (AvgIpc) is 3.27. The van der Waals surface area contributed by atoms with E-state index >= 15 is 0 Å². The smallest absolute Gasteiger partial charge is 0.190 e. The van der Waals surface area contributed by atoms with Gasteiger partial charge in [-0.15, -0.1) is 0 Å². The number of aliphatic imine (C=N–C) groups is 1. The number of guanidine groups is 1. The molecular weight excluding hydrogens is 396 g/mol. The SMILES string of the molecule is CN=C(NCCCCN1CCN(c2ccccc2)CC1)NCCc1c[nH]c2ccccc12. The quantitative estimate of drug-likeness (QED) is 0.275. The molecule has 170 valence electrons. The zero-order valence-electron chi connectivity index (χ0n) is 19.2. The van der Waals surface area contributed by atoms with Crippen LogP contribution in [0.1, 0.15) is 18.4 Å². The Kier molecular flexibility index (Phi) is 8.04. The van der Waals surface area contributed by atoms with E-state index in [1.165, 1.54) is 35.1 Å². The van der Waals surface area contributed by atoms with Crippen molar-refractivity contribution in [1.29, 1.82) is 0 Å². The van der Waals surface area contributed by atoms with Gasteiger partial charge < -0.3 is 20.5 Å². The number of hydrogen-bond acceptors (Lipinski definition) is 3. The number of piperazine rings is 1. The molecule has 0 saturated carbocycles. The van der Waals surface area contributed by atoms with E-state index in [0.29, 0.717) is 0 Å². The summed E-state index contributed by atoms with van der Waals surface area (Å²) in [6.45, 7) is 7.55. The van der Waals surface area contributed by atoms with Crippen LogP contribution in [0.25, 0.3) is 10.9 Å². The third-order valence-electron chi connectivity index (χ3n) is 6.27. The predicted molar refractivity (Wildman–Crippen MR) is 136 cm³/mol. The molecule has 0 aliphatic carbocycles. The molecule has 2 aromatic carbocycles. The van der Waals surface area contributed by atoms with Gasteiger partial charge in [0.2, 0.25) is 0 Å². The first-order valence-corrected chi connectivity index (χ1v) is 11.9. The second kappa shape index (κ2) is 11.6. The lowest BCUT2D eigenvalue weighted by Crippen LogP contribution is -2.46. The van der Waals surface area contributed by atoms with Crippen LogP contribution >= 0.6 is 0 Å². The summed E-state index contributed by atoms with van der Waals surface area (Å²) in [5, 5.41) is 8.21. The molecule has 0 radical (unpaired) electrons. The van der Waals surface area contributed by atoms with Crippen molar-refractivity contribution < 1.29 is 0 Å². The van der Waals surface area contributed by atoms with Crippen LogP contribution in [0.2, 0.25) is 0 Å². The van der Waals surface area contributed by atoms with Gasteiger partial charge in [0.1, 0.15) is 0 Å². The van der Waals surface area contributed by atoms with E-state index in [2.05, 4.69) is 91.2 Å². The normalized spacial score (nSPS) is 15.3. The number of unbranched alkanes of at least 4 members (excludes halogenated alkanes) is 1. The largest absolute Gasteiger partial charge is 0.369 e. The number of anilines is 1. The van der Waals surface area contributed by atoms with Gasteiger partial charge in [-0.3, -0.25) is 9.89 Å². The van der Waals surface area contributed by atoms with Crippen LogP contribution in [0.15, 0.2) is 65.8 Å². The molecule has 0 unspecified atom stereocenters. The number of nitrogens with zero attached hydrogens (tertiary/aromatic N) is 3. The fraction of sp³-hybridized carbons (Fsp3) is 0.423. The molecule has 0 amide bonds. The second-order valence-corrected chi connectivity index (χ2v) is 8.41. The summed E-state index contributed by atoms with van der Waals surface area (Å²) in [4.78, 5) is 12.8. The molecule has 2 heterocycles. The predicted octanol–water partition coefficient (Wildman–Crippen LogP) is 3.48. The lowest BCUT2D eigenvalue weighted by molar-refractivity contribution is 0.253. The van der Waals surface area contributed by atoms with Crippen molar-refractivity contribution in [2.45, 2.75) is 19.3 Å². The molecule has 0 atom stereocenters. The minimum absolute atomic E-state index is 0.868. The van der Waals surface area contributed by atoms with Gasteiger partial charge in [0.15, 0.2) is 5.96 Å². The van der Waals surface area contributed by atoms with E-state index in [1.807, 2.05) is 7.05 Å². The molecule has 1 aliphatic rings. The Labute approximate surface area is 191 Å². The summed E-state index contributed by atoms with van der Waals surface area (Å²) >= 11 is 0.